The molecule has 6 heteroatoms. The second-order valence-corrected chi connectivity index (χ2v) is 9.04. The van der Waals surface area contributed by atoms with Crippen molar-refractivity contribution in [2.75, 3.05) is 6.61 Å². The lowest BCUT2D eigenvalue weighted by atomic mass is 10.0. The van der Waals surface area contributed by atoms with Gasteiger partial charge in [-0.15, -0.1) is 0 Å². The molecule has 0 fully saturated rings. The molecule has 0 spiro atoms. The fourth-order valence-electron chi connectivity index (χ4n) is 3.83. The number of aryl methyl sites for hydroxylation is 2. The van der Waals surface area contributed by atoms with Gasteiger partial charge in [0.1, 0.15) is 17.6 Å². The monoisotopic (exact) mass is 476 g/mol. The predicted molar refractivity (Wildman–Crippen MR) is 136 cm³/mol. The first kappa shape index (κ1) is 25.9. The molecule has 2 amide bonds. The standard InChI is InChI=1S/C29H33FN2O3/c1-20(2)31-29(34)26(17-23-10-6-5-7-11-23)32(18-24-12-8-9-13-25(24)30)28(33)19-35-27-16-21(3)14-15-22(27)4/h5-16,20,26H,17-19H2,1-4H3,(H,31,34). The van der Waals surface area contributed by atoms with Gasteiger partial charge in [0.2, 0.25) is 5.91 Å². The van der Waals surface area contributed by atoms with Gasteiger partial charge >= 0.3 is 0 Å². The van der Waals surface area contributed by atoms with Crippen molar-refractivity contribution in [2.45, 2.75) is 52.7 Å². The number of hydrogen-bond donors (Lipinski definition) is 1. The Bertz CT molecular complexity index is 1150. The minimum Gasteiger partial charge on any atom is -0.483 e. The highest BCUT2D eigenvalue weighted by molar-refractivity contribution is 5.88. The number of amides is 2. The lowest BCUT2D eigenvalue weighted by molar-refractivity contribution is -0.143. The van der Waals surface area contributed by atoms with Crippen LogP contribution < -0.4 is 10.1 Å². The van der Waals surface area contributed by atoms with Crippen LogP contribution in [0.3, 0.4) is 0 Å². The molecule has 0 aromatic heterocycles. The molecule has 5 nitrogen and oxygen atoms in total. The fraction of sp³-hybridized carbons (Fsp3) is 0.310. The number of nitrogens with zero attached hydrogens (tertiary/aromatic N) is 1. The van der Waals surface area contributed by atoms with Crippen LogP contribution in [0.5, 0.6) is 5.75 Å². The van der Waals surface area contributed by atoms with Crippen molar-refractivity contribution in [3.63, 3.8) is 0 Å². The van der Waals surface area contributed by atoms with Gasteiger partial charge < -0.3 is 15.0 Å². The summed E-state index contributed by atoms with van der Waals surface area (Å²) in [6.07, 6.45) is 0.295. The number of hydrogen-bond acceptors (Lipinski definition) is 3. The maximum Gasteiger partial charge on any atom is 0.261 e. The molecule has 0 aliphatic rings. The Balaban J connectivity index is 1.94. The van der Waals surface area contributed by atoms with Gasteiger partial charge in [0.25, 0.3) is 5.91 Å². The number of rotatable bonds is 10. The van der Waals surface area contributed by atoms with Crippen molar-refractivity contribution < 1.29 is 18.7 Å². The molecular weight excluding hydrogens is 443 g/mol. The quantitative estimate of drug-likeness (QED) is 0.449. The molecule has 0 bridgehead atoms. The fourth-order valence-corrected chi connectivity index (χ4v) is 3.83. The van der Waals surface area contributed by atoms with Gasteiger partial charge in [-0.3, -0.25) is 9.59 Å². The van der Waals surface area contributed by atoms with Crippen LogP contribution in [-0.4, -0.2) is 35.4 Å². The van der Waals surface area contributed by atoms with Crippen LogP contribution in [0.25, 0.3) is 0 Å². The largest absolute Gasteiger partial charge is 0.483 e. The maximum atomic E-state index is 14.6. The second kappa shape index (κ2) is 12.2. The van der Waals surface area contributed by atoms with E-state index in [2.05, 4.69) is 5.32 Å². The third-order valence-electron chi connectivity index (χ3n) is 5.70. The molecular formula is C29H33FN2O3. The SMILES string of the molecule is Cc1ccc(C)c(OCC(=O)N(Cc2ccccc2F)C(Cc2ccccc2)C(=O)NC(C)C)c1. The average molecular weight is 477 g/mol. The smallest absolute Gasteiger partial charge is 0.261 e. The number of carbonyl (C=O) groups is 2. The van der Waals surface area contributed by atoms with Crippen molar-refractivity contribution in [2.24, 2.45) is 0 Å². The zero-order valence-corrected chi connectivity index (χ0v) is 20.8. The lowest BCUT2D eigenvalue weighted by Crippen LogP contribution is -2.53. The molecule has 35 heavy (non-hydrogen) atoms. The maximum absolute atomic E-state index is 14.6. The van der Waals surface area contributed by atoms with Crippen LogP contribution in [0.15, 0.2) is 72.8 Å². The van der Waals surface area contributed by atoms with E-state index in [9.17, 15) is 14.0 Å². The van der Waals surface area contributed by atoms with Gasteiger partial charge in [0.15, 0.2) is 6.61 Å². The highest BCUT2D eigenvalue weighted by Crippen LogP contribution is 2.21. The molecule has 0 saturated carbocycles. The molecule has 184 valence electrons. The number of ether oxygens (including phenoxy) is 1. The summed E-state index contributed by atoms with van der Waals surface area (Å²) in [6, 6.07) is 20.6. The third kappa shape index (κ3) is 7.41. The Morgan fingerprint density at radius 2 is 1.66 bits per heavy atom. The van der Waals surface area contributed by atoms with Gasteiger partial charge in [-0.25, -0.2) is 4.39 Å². The number of nitrogens with one attached hydrogen (secondary N) is 1. The first-order valence-corrected chi connectivity index (χ1v) is 11.8. The summed E-state index contributed by atoms with van der Waals surface area (Å²) in [7, 11) is 0. The Kier molecular flexibility index (Phi) is 9.01. The van der Waals surface area contributed by atoms with Crippen molar-refractivity contribution >= 4 is 11.8 Å². The summed E-state index contributed by atoms with van der Waals surface area (Å²) in [6.45, 7) is 7.27. The Morgan fingerprint density at radius 1 is 0.971 bits per heavy atom. The van der Waals surface area contributed by atoms with Crippen LogP contribution in [0, 0.1) is 19.7 Å². The van der Waals surface area contributed by atoms with Crippen molar-refractivity contribution in [1.29, 1.82) is 0 Å². The van der Waals surface area contributed by atoms with Crippen molar-refractivity contribution in [3.05, 3.63) is 101 Å². The zero-order valence-electron chi connectivity index (χ0n) is 20.8. The number of benzene rings is 3. The first-order valence-electron chi connectivity index (χ1n) is 11.8. The Labute approximate surface area is 206 Å². The van der Waals surface area contributed by atoms with Crippen LogP contribution in [0.1, 0.15) is 36.1 Å². The van der Waals surface area contributed by atoms with Crippen LogP contribution in [0.4, 0.5) is 4.39 Å². The van der Waals surface area contributed by atoms with Gasteiger partial charge in [-0.05, 0) is 56.5 Å². The molecule has 3 aromatic carbocycles. The topological polar surface area (TPSA) is 58.6 Å². The van der Waals surface area contributed by atoms with E-state index in [1.54, 1.807) is 18.2 Å². The molecule has 0 aliphatic carbocycles. The summed E-state index contributed by atoms with van der Waals surface area (Å²) in [5.41, 5.74) is 3.16. The minimum absolute atomic E-state index is 0.0509. The predicted octanol–water partition coefficient (Wildman–Crippen LogP) is 4.99. The molecule has 3 rings (SSSR count). The van der Waals surface area contributed by atoms with E-state index in [1.807, 2.05) is 76.2 Å². The lowest BCUT2D eigenvalue weighted by Gasteiger charge is -2.32. The van der Waals surface area contributed by atoms with E-state index in [4.69, 9.17) is 4.74 Å². The van der Waals surface area contributed by atoms with Gasteiger partial charge in [-0.2, -0.15) is 0 Å². The van der Waals surface area contributed by atoms with Gasteiger partial charge in [-0.1, -0.05) is 60.7 Å². The summed E-state index contributed by atoms with van der Waals surface area (Å²) in [5, 5.41) is 2.92. The van der Waals surface area contributed by atoms with Gasteiger partial charge in [0.05, 0.1) is 0 Å². The third-order valence-corrected chi connectivity index (χ3v) is 5.70. The average Bonchev–Trinajstić information content (AvgIpc) is 2.83. The molecule has 0 radical (unpaired) electrons. The zero-order chi connectivity index (χ0) is 25.4. The highest BCUT2D eigenvalue weighted by atomic mass is 19.1. The Morgan fingerprint density at radius 3 is 2.34 bits per heavy atom. The van der Waals surface area contributed by atoms with E-state index < -0.39 is 17.8 Å². The van der Waals surface area contributed by atoms with E-state index in [1.165, 1.54) is 11.0 Å². The van der Waals surface area contributed by atoms with E-state index in [-0.39, 0.29) is 25.1 Å². The molecule has 0 aliphatic heterocycles. The van der Waals surface area contributed by atoms with Crippen LogP contribution in [0.2, 0.25) is 0 Å². The summed E-state index contributed by atoms with van der Waals surface area (Å²) < 4.78 is 20.5. The van der Waals surface area contributed by atoms with E-state index in [0.717, 1.165) is 16.7 Å². The minimum atomic E-state index is -0.839. The molecule has 0 heterocycles. The summed E-state index contributed by atoms with van der Waals surface area (Å²) in [5.74, 6) is -0.506. The van der Waals surface area contributed by atoms with Crippen molar-refractivity contribution in [1.82, 2.24) is 10.2 Å². The van der Waals surface area contributed by atoms with Crippen molar-refractivity contribution in [3.8, 4) is 5.75 Å². The normalized spacial score (nSPS) is 11.7. The first-order chi connectivity index (χ1) is 16.7. The molecule has 1 atom stereocenters. The molecule has 3 aromatic rings. The molecule has 1 unspecified atom stereocenters. The van der Waals surface area contributed by atoms with Crippen LogP contribution >= 0.6 is 0 Å². The van der Waals surface area contributed by atoms with E-state index >= 15 is 0 Å². The van der Waals surface area contributed by atoms with Gasteiger partial charge in [0, 0.05) is 24.6 Å². The molecule has 0 saturated heterocycles. The number of halogens is 1. The number of carbonyl (C=O) groups excluding carboxylic acids is 2. The summed E-state index contributed by atoms with van der Waals surface area (Å²) >= 11 is 0. The van der Waals surface area contributed by atoms with Crippen LogP contribution in [-0.2, 0) is 22.6 Å². The second-order valence-electron chi connectivity index (χ2n) is 9.04. The Hall–Kier alpha value is -3.67. The summed E-state index contributed by atoms with van der Waals surface area (Å²) in [4.78, 5) is 28.3. The van der Waals surface area contributed by atoms with E-state index in [0.29, 0.717) is 17.7 Å². The highest BCUT2D eigenvalue weighted by Gasteiger charge is 2.31. The molecule has 1 N–H and O–H groups in total.